The van der Waals surface area contributed by atoms with Gasteiger partial charge in [0, 0.05) is 12.8 Å². The van der Waals surface area contributed by atoms with Crippen LogP contribution in [-0.2, 0) is 28.2 Å². The number of aliphatic hydroxyl groups is 2. The highest BCUT2D eigenvalue weighted by Gasteiger charge is 2.23. The van der Waals surface area contributed by atoms with E-state index in [2.05, 4.69) is 42.7 Å². The zero-order valence-corrected chi connectivity index (χ0v) is 32.9. The van der Waals surface area contributed by atoms with Crippen LogP contribution in [0.4, 0.5) is 0 Å². The smallest absolute Gasteiger partial charge is 0.462 e. The van der Waals surface area contributed by atoms with Crippen molar-refractivity contribution in [1.29, 1.82) is 0 Å². The van der Waals surface area contributed by atoms with Gasteiger partial charge in [-0.2, -0.15) is 0 Å². The molecule has 2 unspecified atom stereocenters. The Morgan fingerprint density at radius 1 is 0.588 bits per heavy atom. The average molecular weight is 745 g/mol. The third kappa shape index (κ3) is 36.3. The number of hydrogen-bond acceptors (Lipinski definition) is 8. The summed E-state index contributed by atoms with van der Waals surface area (Å²) in [6.07, 6.45) is 33.2. The maximum absolute atomic E-state index is 12.4. The topological polar surface area (TPSA) is 160 Å². The van der Waals surface area contributed by atoms with Crippen LogP contribution in [0.15, 0.2) is 36.5 Å². The average Bonchev–Trinajstić information content (AvgIpc) is 3.09. The van der Waals surface area contributed by atoms with Crippen LogP contribution in [-0.4, -0.2) is 63.5 Å². The zero-order valence-electron chi connectivity index (χ0n) is 32.0. The molecule has 0 aliphatic rings. The Morgan fingerprint density at radius 2 is 1.08 bits per heavy atom. The first-order valence-electron chi connectivity index (χ1n) is 19.9. The summed E-state index contributed by atoms with van der Waals surface area (Å²) >= 11 is 0. The van der Waals surface area contributed by atoms with E-state index >= 15 is 0 Å². The molecule has 0 fully saturated rings. The molecule has 4 N–H and O–H groups in total. The Balaban J connectivity index is 4.19. The lowest BCUT2D eigenvalue weighted by molar-refractivity contribution is -0.161. The Kier molecular flexibility index (Phi) is 34.0. The molecule has 0 amide bonds. The summed E-state index contributed by atoms with van der Waals surface area (Å²) in [5, 5.41) is 20.5. The van der Waals surface area contributed by atoms with Crippen molar-refractivity contribution in [2.75, 3.05) is 13.2 Å². The Bertz CT molecular complexity index is 961. The van der Waals surface area contributed by atoms with E-state index < -0.39 is 51.3 Å². The molecule has 0 aliphatic carbocycles. The number of aliphatic hydroxyl groups excluding tert-OH is 2. The molecule has 0 aliphatic heterocycles. The third-order valence-electron chi connectivity index (χ3n) is 8.61. The standard InChI is InChI=1S/C40H73O10P/c1-3-5-7-9-11-13-15-17-18-20-22-24-26-28-32-40(44)50-36(35-49-51(45,46)47)34-48-39(43)33-29-31-38(42)37(41)30-27-25-23-21-19-16-14-12-10-8-6-4-2/h12,14,19,21,25,27,36-38,41-42H,3-11,13,15-18,20,22-24,26,28-35H2,1-2H3,(H2,45,46,47)/b14-12-,21-19-,27-25-/t36-,37?,38?/m1/s1. The molecule has 0 aromatic carbocycles. The first kappa shape index (κ1) is 49.2. The van der Waals surface area contributed by atoms with Crippen LogP contribution in [0.5, 0.6) is 0 Å². The second-order valence-corrected chi connectivity index (χ2v) is 14.8. The van der Waals surface area contributed by atoms with Gasteiger partial charge in [0.1, 0.15) is 6.61 Å². The summed E-state index contributed by atoms with van der Waals surface area (Å²) in [5.74, 6) is -1.17. The molecule has 51 heavy (non-hydrogen) atoms. The molecule has 0 radical (unpaired) electrons. The van der Waals surface area contributed by atoms with Gasteiger partial charge in [0.25, 0.3) is 0 Å². The molecular formula is C40H73O10P. The van der Waals surface area contributed by atoms with Crippen LogP contribution in [0.1, 0.15) is 174 Å². The second kappa shape index (κ2) is 35.2. The van der Waals surface area contributed by atoms with E-state index in [0.717, 1.165) is 38.5 Å². The van der Waals surface area contributed by atoms with Gasteiger partial charge in [-0.05, 0) is 51.4 Å². The van der Waals surface area contributed by atoms with Gasteiger partial charge in [0.2, 0.25) is 0 Å². The number of allylic oxidation sites excluding steroid dienone is 5. The van der Waals surface area contributed by atoms with Crippen molar-refractivity contribution >= 4 is 19.8 Å². The molecular weight excluding hydrogens is 671 g/mol. The Morgan fingerprint density at radius 3 is 1.65 bits per heavy atom. The van der Waals surface area contributed by atoms with Crippen molar-refractivity contribution in [2.45, 2.75) is 193 Å². The lowest BCUT2D eigenvalue weighted by Gasteiger charge is -2.19. The molecule has 298 valence electrons. The van der Waals surface area contributed by atoms with Crippen molar-refractivity contribution < 1.29 is 48.2 Å². The highest BCUT2D eigenvalue weighted by atomic mass is 31.2. The Hall–Kier alpha value is -1.81. The highest BCUT2D eigenvalue weighted by Crippen LogP contribution is 2.36. The van der Waals surface area contributed by atoms with Gasteiger partial charge in [-0.15, -0.1) is 0 Å². The summed E-state index contributed by atoms with van der Waals surface area (Å²) in [4.78, 5) is 42.8. The molecule has 0 spiro atoms. The van der Waals surface area contributed by atoms with Gasteiger partial charge >= 0.3 is 19.8 Å². The number of carbonyl (C=O) groups excluding carboxylic acids is 2. The van der Waals surface area contributed by atoms with E-state index in [-0.39, 0.29) is 25.7 Å². The zero-order chi connectivity index (χ0) is 37.8. The fraction of sp³-hybridized carbons (Fsp3) is 0.800. The largest absolute Gasteiger partial charge is 0.469 e. The molecule has 11 heteroatoms. The fourth-order valence-corrected chi connectivity index (χ4v) is 5.84. The van der Waals surface area contributed by atoms with Gasteiger partial charge < -0.3 is 29.5 Å². The number of carbonyl (C=O) groups is 2. The van der Waals surface area contributed by atoms with E-state index in [1.54, 1.807) is 0 Å². The molecule has 3 atom stereocenters. The number of phosphoric acid groups is 1. The van der Waals surface area contributed by atoms with Crippen molar-refractivity contribution in [3.05, 3.63) is 36.5 Å². The number of hydrogen-bond donors (Lipinski definition) is 4. The maximum atomic E-state index is 12.4. The summed E-state index contributed by atoms with van der Waals surface area (Å²) < 4.78 is 26.2. The second-order valence-electron chi connectivity index (χ2n) is 13.6. The first-order valence-corrected chi connectivity index (χ1v) is 21.5. The van der Waals surface area contributed by atoms with E-state index in [1.807, 2.05) is 12.2 Å². The molecule has 0 saturated carbocycles. The predicted molar refractivity (Wildman–Crippen MR) is 205 cm³/mol. The summed E-state index contributed by atoms with van der Waals surface area (Å²) in [6.45, 7) is 3.40. The van der Waals surface area contributed by atoms with E-state index in [1.165, 1.54) is 83.5 Å². The lowest BCUT2D eigenvalue weighted by atomic mass is 10.0. The van der Waals surface area contributed by atoms with Crippen molar-refractivity contribution in [3.8, 4) is 0 Å². The molecule has 10 nitrogen and oxygen atoms in total. The number of phosphoric ester groups is 1. The van der Waals surface area contributed by atoms with Gasteiger partial charge in [-0.1, -0.05) is 147 Å². The van der Waals surface area contributed by atoms with Gasteiger partial charge in [0.05, 0.1) is 18.8 Å². The van der Waals surface area contributed by atoms with Crippen LogP contribution in [0.2, 0.25) is 0 Å². The highest BCUT2D eigenvalue weighted by molar-refractivity contribution is 7.46. The van der Waals surface area contributed by atoms with Crippen molar-refractivity contribution in [1.82, 2.24) is 0 Å². The summed E-state index contributed by atoms with van der Waals surface area (Å²) in [5.41, 5.74) is 0. The van der Waals surface area contributed by atoms with Crippen LogP contribution in [0, 0.1) is 0 Å². The number of unbranched alkanes of at least 4 members (excludes halogenated alkanes) is 16. The predicted octanol–water partition coefficient (Wildman–Crippen LogP) is 9.73. The normalized spacial score (nSPS) is 14.1. The monoisotopic (exact) mass is 744 g/mol. The number of ether oxygens (including phenoxy) is 2. The van der Waals surface area contributed by atoms with Crippen LogP contribution < -0.4 is 0 Å². The van der Waals surface area contributed by atoms with Crippen molar-refractivity contribution in [3.63, 3.8) is 0 Å². The molecule has 0 aromatic heterocycles. The van der Waals surface area contributed by atoms with Crippen LogP contribution in [0.3, 0.4) is 0 Å². The molecule has 0 aromatic rings. The number of rotatable bonds is 36. The minimum Gasteiger partial charge on any atom is -0.462 e. The Labute approximate surface area is 309 Å². The summed E-state index contributed by atoms with van der Waals surface area (Å²) in [7, 11) is -4.82. The van der Waals surface area contributed by atoms with Gasteiger partial charge in [0.15, 0.2) is 6.10 Å². The summed E-state index contributed by atoms with van der Waals surface area (Å²) in [6, 6.07) is 0. The SMILES string of the molecule is CCCCC/C=C\C/C=C\C/C=C\CC(O)C(O)CCCC(=O)OC[C@H](COP(=O)(O)O)OC(=O)CCCCCCCCCCCCCCCC. The van der Waals surface area contributed by atoms with Crippen LogP contribution in [0.25, 0.3) is 0 Å². The minimum atomic E-state index is -4.82. The maximum Gasteiger partial charge on any atom is 0.469 e. The quantitative estimate of drug-likeness (QED) is 0.0210. The molecule has 0 saturated heterocycles. The molecule has 0 bridgehead atoms. The first-order chi connectivity index (χ1) is 24.6. The van der Waals surface area contributed by atoms with E-state index in [4.69, 9.17) is 19.3 Å². The lowest BCUT2D eigenvalue weighted by Crippen LogP contribution is -2.29. The van der Waals surface area contributed by atoms with Gasteiger partial charge in [-0.3, -0.25) is 14.1 Å². The van der Waals surface area contributed by atoms with Crippen molar-refractivity contribution in [2.24, 2.45) is 0 Å². The van der Waals surface area contributed by atoms with Gasteiger partial charge in [-0.25, -0.2) is 4.57 Å². The molecule has 0 heterocycles. The molecule has 0 rings (SSSR count). The van der Waals surface area contributed by atoms with E-state index in [0.29, 0.717) is 12.8 Å². The van der Waals surface area contributed by atoms with Crippen LogP contribution >= 0.6 is 7.82 Å². The van der Waals surface area contributed by atoms with E-state index in [9.17, 15) is 24.4 Å². The fourth-order valence-electron chi connectivity index (χ4n) is 5.48. The minimum absolute atomic E-state index is 0.0451. The third-order valence-corrected chi connectivity index (χ3v) is 9.10. The number of esters is 2.